The minimum absolute atomic E-state index is 0.216. The maximum absolute atomic E-state index is 11.9. The summed E-state index contributed by atoms with van der Waals surface area (Å²) in [7, 11) is 0. The van der Waals surface area contributed by atoms with E-state index in [0.717, 1.165) is 12.0 Å². The van der Waals surface area contributed by atoms with Crippen LogP contribution in [0.4, 0.5) is 10.5 Å². The third-order valence-corrected chi connectivity index (χ3v) is 4.38. The monoisotopic (exact) mass is 290 g/mol. The van der Waals surface area contributed by atoms with Crippen LogP contribution in [0.25, 0.3) is 0 Å². The number of benzene rings is 1. The van der Waals surface area contributed by atoms with E-state index in [-0.39, 0.29) is 11.6 Å². The largest absolute Gasteiger partial charge is 0.478 e. The van der Waals surface area contributed by atoms with Gasteiger partial charge in [-0.1, -0.05) is 13.8 Å². The van der Waals surface area contributed by atoms with Crippen LogP contribution in [0, 0.1) is 25.2 Å². The third-order valence-electron chi connectivity index (χ3n) is 4.38. The van der Waals surface area contributed by atoms with E-state index in [9.17, 15) is 9.59 Å². The first-order chi connectivity index (χ1) is 9.70. The van der Waals surface area contributed by atoms with Gasteiger partial charge < -0.3 is 15.7 Å². The zero-order chi connectivity index (χ0) is 15.8. The number of carboxylic acid groups (broad SMARTS) is 1. The second-order valence-electron chi connectivity index (χ2n) is 6.50. The Bertz CT molecular complexity index is 593. The van der Waals surface area contributed by atoms with Crippen LogP contribution in [0.1, 0.15) is 41.8 Å². The van der Waals surface area contributed by atoms with E-state index in [1.165, 1.54) is 6.07 Å². The summed E-state index contributed by atoms with van der Waals surface area (Å²) in [5.41, 5.74) is 2.60. The molecule has 1 atom stereocenters. The number of aryl methyl sites for hydroxylation is 1. The Hall–Kier alpha value is -2.04. The highest BCUT2D eigenvalue weighted by atomic mass is 16.4. The van der Waals surface area contributed by atoms with Crippen molar-refractivity contribution in [2.75, 3.05) is 11.9 Å². The molecule has 1 aliphatic carbocycles. The predicted octanol–water partition coefficient (Wildman–Crippen LogP) is 3.17. The molecule has 2 amide bonds. The summed E-state index contributed by atoms with van der Waals surface area (Å²) in [6, 6.07) is 2.98. The van der Waals surface area contributed by atoms with Crippen LogP contribution < -0.4 is 10.6 Å². The summed E-state index contributed by atoms with van der Waals surface area (Å²) in [5, 5.41) is 14.7. The number of carbonyl (C=O) groups excluding carboxylic acids is 1. The summed E-state index contributed by atoms with van der Waals surface area (Å²) in [6.45, 7) is 8.60. The van der Waals surface area contributed by atoms with Gasteiger partial charge in [-0.05, 0) is 54.9 Å². The molecule has 1 unspecified atom stereocenters. The smallest absolute Gasteiger partial charge is 0.336 e. The number of anilines is 1. The van der Waals surface area contributed by atoms with Crippen molar-refractivity contribution in [3.8, 4) is 0 Å². The molecular weight excluding hydrogens is 268 g/mol. The van der Waals surface area contributed by atoms with Crippen molar-refractivity contribution in [2.45, 2.75) is 34.1 Å². The number of amides is 2. The zero-order valence-electron chi connectivity index (χ0n) is 12.9. The van der Waals surface area contributed by atoms with Gasteiger partial charge in [0, 0.05) is 12.2 Å². The summed E-state index contributed by atoms with van der Waals surface area (Å²) in [5.74, 6) is -0.461. The molecule has 114 valence electrons. The Balaban J connectivity index is 1.99. The van der Waals surface area contributed by atoms with Gasteiger partial charge in [-0.3, -0.25) is 0 Å². The van der Waals surface area contributed by atoms with Crippen LogP contribution in [0.5, 0.6) is 0 Å². The minimum atomic E-state index is -0.987. The zero-order valence-corrected chi connectivity index (χ0v) is 12.9. The molecule has 2 rings (SSSR count). The maximum atomic E-state index is 11.9. The van der Waals surface area contributed by atoms with Crippen molar-refractivity contribution in [3.63, 3.8) is 0 Å². The van der Waals surface area contributed by atoms with Crippen molar-refractivity contribution in [1.82, 2.24) is 5.32 Å². The molecule has 0 heterocycles. The summed E-state index contributed by atoms with van der Waals surface area (Å²) in [6.07, 6.45) is 1.13. The fourth-order valence-corrected chi connectivity index (χ4v) is 2.47. The second-order valence-corrected chi connectivity index (χ2v) is 6.50. The lowest BCUT2D eigenvalue weighted by atomic mass is 10.0. The highest BCUT2D eigenvalue weighted by Gasteiger charge is 2.45. The molecule has 5 heteroatoms. The van der Waals surface area contributed by atoms with Gasteiger partial charge in [0.1, 0.15) is 0 Å². The second kappa shape index (κ2) is 5.39. The van der Waals surface area contributed by atoms with Gasteiger partial charge in [0.2, 0.25) is 0 Å². The van der Waals surface area contributed by atoms with Crippen LogP contribution in [0.3, 0.4) is 0 Å². The first-order valence-electron chi connectivity index (χ1n) is 7.10. The third kappa shape index (κ3) is 3.54. The molecule has 0 aliphatic heterocycles. The average molecular weight is 290 g/mol. The quantitative estimate of drug-likeness (QED) is 0.797. The van der Waals surface area contributed by atoms with E-state index in [0.29, 0.717) is 29.1 Å². The van der Waals surface area contributed by atoms with E-state index in [4.69, 9.17) is 5.11 Å². The van der Waals surface area contributed by atoms with Gasteiger partial charge in [-0.15, -0.1) is 0 Å². The minimum Gasteiger partial charge on any atom is -0.478 e. The first-order valence-corrected chi connectivity index (χ1v) is 7.10. The molecule has 0 spiro atoms. The molecule has 0 radical (unpaired) electrons. The standard InChI is InChI=1S/C16H22N2O3/c1-9-5-12(6-13(10(9)2)14(19)20)18-15(21)17-8-11-7-16(11,3)4/h5-6,11H,7-8H2,1-4H3,(H,19,20)(H2,17,18,21). The Kier molecular flexibility index (Phi) is 3.94. The number of carboxylic acids is 1. The van der Waals surface area contributed by atoms with Crippen molar-refractivity contribution in [1.29, 1.82) is 0 Å². The Labute approximate surface area is 124 Å². The normalized spacial score (nSPS) is 19.0. The van der Waals surface area contributed by atoms with Crippen molar-refractivity contribution >= 4 is 17.7 Å². The molecule has 1 fully saturated rings. The van der Waals surface area contributed by atoms with Gasteiger partial charge in [0.05, 0.1) is 5.56 Å². The number of aromatic carboxylic acids is 1. The summed E-state index contributed by atoms with van der Waals surface area (Å²) < 4.78 is 0. The van der Waals surface area contributed by atoms with E-state index in [1.54, 1.807) is 13.0 Å². The van der Waals surface area contributed by atoms with Crippen molar-refractivity contribution in [2.24, 2.45) is 11.3 Å². The van der Waals surface area contributed by atoms with Crippen LogP contribution in [-0.2, 0) is 0 Å². The molecule has 1 aromatic carbocycles. The van der Waals surface area contributed by atoms with E-state index >= 15 is 0 Å². The van der Waals surface area contributed by atoms with E-state index in [1.807, 2.05) is 6.92 Å². The van der Waals surface area contributed by atoms with E-state index in [2.05, 4.69) is 24.5 Å². The maximum Gasteiger partial charge on any atom is 0.336 e. The van der Waals surface area contributed by atoms with Gasteiger partial charge in [-0.2, -0.15) is 0 Å². The molecule has 1 aliphatic rings. The number of carbonyl (C=O) groups is 2. The first kappa shape index (κ1) is 15.4. The molecule has 0 saturated heterocycles. The molecule has 5 nitrogen and oxygen atoms in total. The Morgan fingerprint density at radius 1 is 1.33 bits per heavy atom. The highest BCUT2D eigenvalue weighted by molar-refractivity contribution is 5.94. The molecule has 3 N–H and O–H groups in total. The molecule has 1 aromatic rings. The van der Waals surface area contributed by atoms with Crippen LogP contribution in [0.2, 0.25) is 0 Å². The lowest BCUT2D eigenvalue weighted by Gasteiger charge is -2.12. The lowest BCUT2D eigenvalue weighted by Crippen LogP contribution is -2.31. The predicted molar refractivity (Wildman–Crippen MR) is 81.8 cm³/mol. The van der Waals surface area contributed by atoms with Crippen molar-refractivity contribution < 1.29 is 14.7 Å². The van der Waals surface area contributed by atoms with Gasteiger partial charge in [-0.25, -0.2) is 9.59 Å². The van der Waals surface area contributed by atoms with Crippen LogP contribution in [0.15, 0.2) is 12.1 Å². The molecule has 21 heavy (non-hydrogen) atoms. The Morgan fingerprint density at radius 2 is 1.95 bits per heavy atom. The fourth-order valence-electron chi connectivity index (χ4n) is 2.47. The number of nitrogens with one attached hydrogen (secondary N) is 2. The molecular formula is C16H22N2O3. The number of hydrogen-bond donors (Lipinski definition) is 3. The fraction of sp³-hybridized carbons (Fsp3) is 0.500. The molecule has 0 bridgehead atoms. The number of hydrogen-bond acceptors (Lipinski definition) is 2. The number of rotatable bonds is 4. The van der Waals surface area contributed by atoms with Gasteiger partial charge in [0.15, 0.2) is 0 Å². The van der Waals surface area contributed by atoms with Crippen molar-refractivity contribution in [3.05, 3.63) is 28.8 Å². The number of urea groups is 1. The highest BCUT2D eigenvalue weighted by Crippen LogP contribution is 2.50. The summed E-state index contributed by atoms with van der Waals surface area (Å²) >= 11 is 0. The topological polar surface area (TPSA) is 78.4 Å². The Morgan fingerprint density at radius 3 is 2.48 bits per heavy atom. The molecule has 1 saturated carbocycles. The van der Waals surface area contributed by atoms with Gasteiger partial charge in [0.25, 0.3) is 0 Å². The van der Waals surface area contributed by atoms with Crippen LogP contribution >= 0.6 is 0 Å². The summed E-state index contributed by atoms with van der Waals surface area (Å²) in [4.78, 5) is 23.0. The lowest BCUT2D eigenvalue weighted by molar-refractivity contribution is 0.0696. The van der Waals surface area contributed by atoms with Crippen LogP contribution in [-0.4, -0.2) is 23.7 Å². The van der Waals surface area contributed by atoms with Gasteiger partial charge >= 0.3 is 12.0 Å². The average Bonchev–Trinajstić information content (AvgIpc) is 2.98. The van der Waals surface area contributed by atoms with E-state index < -0.39 is 5.97 Å². The SMILES string of the molecule is Cc1cc(NC(=O)NCC2CC2(C)C)cc(C(=O)O)c1C. The molecule has 0 aromatic heterocycles.